The molecular formula is C22H15N. The summed E-state index contributed by atoms with van der Waals surface area (Å²) in [6, 6.07) is 28.0. The minimum atomic E-state index is 0.798. The van der Waals surface area contributed by atoms with Crippen LogP contribution in [0.2, 0.25) is 0 Å². The minimum absolute atomic E-state index is 0.798. The molecule has 0 fully saturated rings. The molecule has 0 unspecified atom stereocenters. The molecule has 0 heterocycles. The molecule has 0 aromatic heterocycles. The molecule has 5 aromatic rings. The second-order valence-corrected chi connectivity index (χ2v) is 6.13. The van der Waals surface area contributed by atoms with Gasteiger partial charge in [0.2, 0.25) is 0 Å². The van der Waals surface area contributed by atoms with Gasteiger partial charge in [-0.15, -0.1) is 0 Å². The van der Waals surface area contributed by atoms with E-state index in [1.807, 2.05) is 12.1 Å². The zero-order valence-electron chi connectivity index (χ0n) is 12.6. The Morgan fingerprint density at radius 2 is 1.00 bits per heavy atom. The largest absolute Gasteiger partial charge is 0.399 e. The van der Waals surface area contributed by atoms with E-state index in [4.69, 9.17) is 5.73 Å². The molecule has 108 valence electrons. The Kier molecular flexibility index (Phi) is 2.42. The zero-order chi connectivity index (χ0) is 15.4. The Morgan fingerprint density at radius 3 is 1.61 bits per heavy atom. The SMILES string of the molecule is Nc1ccc(-c2cc3ccc4cccc5ccc(c2)c3c45)cc1. The van der Waals surface area contributed by atoms with E-state index < -0.39 is 0 Å². The van der Waals surface area contributed by atoms with Crippen molar-refractivity contribution in [2.75, 3.05) is 5.73 Å². The monoisotopic (exact) mass is 293 g/mol. The van der Waals surface area contributed by atoms with Crippen LogP contribution in [0.5, 0.6) is 0 Å². The first-order valence-electron chi connectivity index (χ1n) is 7.83. The van der Waals surface area contributed by atoms with Gasteiger partial charge < -0.3 is 5.73 Å². The van der Waals surface area contributed by atoms with Crippen LogP contribution in [0.3, 0.4) is 0 Å². The Hall–Kier alpha value is -3.06. The van der Waals surface area contributed by atoms with Gasteiger partial charge in [-0.2, -0.15) is 0 Å². The molecule has 0 amide bonds. The molecule has 0 saturated carbocycles. The minimum Gasteiger partial charge on any atom is -0.399 e. The Bertz CT molecular complexity index is 1090. The fourth-order valence-electron chi connectivity index (χ4n) is 3.60. The predicted molar refractivity (Wildman–Crippen MR) is 100.0 cm³/mol. The molecule has 1 nitrogen and oxygen atoms in total. The number of hydrogen-bond acceptors (Lipinski definition) is 1. The van der Waals surface area contributed by atoms with Gasteiger partial charge >= 0.3 is 0 Å². The molecule has 0 atom stereocenters. The number of benzene rings is 5. The number of nitrogens with two attached hydrogens (primary N) is 1. The number of anilines is 1. The van der Waals surface area contributed by atoms with E-state index in [1.165, 1.54) is 43.4 Å². The van der Waals surface area contributed by atoms with E-state index in [-0.39, 0.29) is 0 Å². The van der Waals surface area contributed by atoms with Gasteiger partial charge in [-0.3, -0.25) is 0 Å². The molecule has 0 bridgehead atoms. The molecular weight excluding hydrogens is 278 g/mol. The second kappa shape index (κ2) is 4.47. The van der Waals surface area contributed by atoms with Gasteiger partial charge in [0.1, 0.15) is 0 Å². The average Bonchev–Trinajstić information content (AvgIpc) is 2.60. The van der Waals surface area contributed by atoms with E-state index >= 15 is 0 Å². The average molecular weight is 293 g/mol. The van der Waals surface area contributed by atoms with Gasteiger partial charge in [0.05, 0.1) is 0 Å². The Labute approximate surface area is 134 Å². The molecule has 1 heteroatoms. The van der Waals surface area contributed by atoms with Crippen LogP contribution in [0.1, 0.15) is 0 Å². The van der Waals surface area contributed by atoms with Crippen molar-refractivity contribution in [2.24, 2.45) is 0 Å². The van der Waals surface area contributed by atoms with Crippen LogP contribution >= 0.6 is 0 Å². The summed E-state index contributed by atoms with van der Waals surface area (Å²) < 4.78 is 0. The highest BCUT2D eigenvalue weighted by molar-refractivity contribution is 6.23. The lowest BCUT2D eigenvalue weighted by molar-refractivity contribution is 1.64. The van der Waals surface area contributed by atoms with Gasteiger partial charge in [-0.05, 0) is 67.7 Å². The quantitative estimate of drug-likeness (QED) is 0.305. The maximum atomic E-state index is 5.81. The van der Waals surface area contributed by atoms with Crippen LogP contribution in [0.25, 0.3) is 43.4 Å². The summed E-state index contributed by atoms with van der Waals surface area (Å²) >= 11 is 0. The third-order valence-corrected chi connectivity index (χ3v) is 4.71. The molecule has 0 radical (unpaired) electrons. The number of hydrogen-bond donors (Lipinski definition) is 1. The Balaban J connectivity index is 1.89. The fourth-order valence-corrected chi connectivity index (χ4v) is 3.60. The van der Waals surface area contributed by atoms with Crippen molar-refractivity contribution < 1.29 is 0 Å². The molecule has 0 spiro atoms. The van der Waals surface area contributed by atoms with Crippen molar-refractivity contribution in [3.63, 3.8) is 0 Å². The maximum absolute atomic E-state index is 5.81. The summed E-state index contributed by atoms with van der Waals surface area (Å²) in [6.45, 7) is 0. The molecule has 0 aliphatic heterocycles. The van der Waals surface area contributed by atoms with Crippen molar-refractivity contribution in [2.45, 2.75) is 0 Å². The van der Waals surface area contributed by atoms with E-state index in [0.717, 1.165) is 5.69 Å². The molecule has 5 rings (SSSR count). The van der Waals surface area contributed by atoms with Gasteiger partial charge in [0.25, 0.3) is 0 Å². The van der Waals surface area contributed by atoms with Gasteiger partial charge in [0.15, 0.2) is 0 Å². The van der Waals surface area contributed by atoms with E-state index in [2.05, 4.69) is 66.7 Å². The first kappa shape index (κ1) is 12.5. The normalized spacial score (nSPS) is 11.7. The van der Waals surface area contributed by atoms with Gasteiger partial charge in [-0.25, -0.2) is 0 Å². The Morgan fingerprint density at radius 1 is 0.478 bits per heavy atom. The molecule has 0 saturated heterocycles. The first-order chi connectivity index (χ1) is 11.3. The fraction of sp³-hybridized carbons (Fsp3) is 0. The summed E-state index contributed by atoms with van der Waals surface area (Å²) in [4.78, 5) is 0. The standard InChI is InChI=1S/C22H15N/c23-20-10-8-14(9-11-20)19-12-17-6-4-15-2-1-3-16-5-7-18(13-19)22(17)21(15)16/h1-13H,23H2. The topological polar surface area (TPSA) is 26.0 Å². The van der Waals surface area contributed by atoms with Crippen LogP contribution in [0.4, 0.5) is 5.69 Å². The van der Waals surface area contributed by atoms with Crippen molar-refractivity contribution >= 4 is 38.0 Å². The third-order valence-electron chi connectivity index (χ3n) is 4.71. The highest BCUT2D eigenvalue weighted by Crippen LogP contribution is 2.37. The molecule has 5 aromatic carbocycles. The van der Waals surface area contributed by atoms with Crippen LogP contribution in [-0.4, -0.2) is 0 Å². The zero-order valence-corrected chi connectivity index (χ0v) is 12.6. The van der Waals surface area contributed by atoms with Crippen molar-refractivity contribution in [1.82, 2.24) is 0 Å². The lowest BCUT2D eigenvalue weighted by atomic mass is 9.91. The lowest BCUT2D eigenvalue weighted by Crippen LogP contribution is -1.87. The highest BCUT2D eigenvalue weighted by atomic mass is 14.5. The van der Waals surface area contributed by atoms with Crippen molar-refractivity contribution in [1.29, 1.82) is 0 Å². The third kappa shape index (κ3) is 1.80. The molecule has 0 aliphatic rings. The lowest BCUT2D eigenvalue weighted by Gasteiger charge is -2.12. The maximum Gasteiger partial charge on any atom is 0.0314 e. The van der Waals surface area contributed by atoms with Crippen LogP contribution < -0.4 is 5.73 Å². The summed E-state index contributed by atoms with van der Waals surface area (Å²) in [5, 5.41) is 7.92. The van der Waals surface area contributed by atoms with Crippen LogP contribution in [-0.2, 0) is 0 Å². The molecule has 23 heavy (non-hydrogen) atoms. The smallest absolute Gasteiger partial charge is 0.0314 e. The summed E-state index contributed by atoms with van der Waals surface area (Å²) in [7, 11) is 0. The number of nitrogen functional groups attached to an aromatic ring is 1. The van der Waals surface area contributed by atoms with Crippen molar-refractivity contribution in [3.8, 4) is 11.1 Å². The molecule has 2 N–H and O–H groups in total. The summed E-state index contributed by atoms with van der Waals surface area (Å²) in [5.41, 5.74) is 9.04. The molecule has 0 aliphatic carbocycles. The van der Waals surface area contributed by atoms with Crippen molar-refractivity contribution in [3.05, 3.63) is 78.9 Å². The van der Waals surface area contributed by atoms with Crippen LogP contribution in [0, 0.1) is 0 Å². The predicted octanol–water partition coefficient (Wildman–Crippen LogP) is 5.83. The first-order valence-corrected chi connectivity index (χ1v) is 7.83. The van der Waals surface area contributed by atoms with Crippen LogP contribution in [0.15, 0.2) is 78.9 Å². The summed E-state index contributed by atoms with van der Waals surface area (Å²) in [5.74, 6) is 0. The number of rotatable bonds is 1. The van der Waals surface area contributed by atoms with Gasteiger partial charge in [0, 0.05) is 5.69 Å². The second-order valence-electron chi connectivity index (χ2n) is 6.13. The van der Waals surface area contributed by atoms with E-state index in [9.17, 15) is 0 Å². The highest BCUT2D eigenvalue weighted by Gasteiger charge is 2.09. The van der Waals surface area contributed by atoms with E-state index in [1.54, 1.807) is 0 Å². The van der Waals surface area contributed by atoms with E-state index in [0.29, 0.717) is 0 Å². The van der Waals surface area contributed by atoms with Gasteiger partial charge in [-0.1, -0.05) is 54.6 Å². The summed E-state index contributed by atoms with van der Waals surface area (Å²) in [6.07, 6.45) is 0.